The molecule has 30 heavy (non-hydrogen) atoms. The summed E-state index contributed by atoms with van der Waals surface area (Å²) in [6, 6.07) is 23.5. The first-order chi connectivity index (χ1) is 14.7. The number of phenols is 1. The van der Waals surface area contributed by atoms with Gasteiger partial charge in [0.25, 0.3) is 5.91 Å². The van der Waals surface area contributed by atoms with Gasteiger partial charge < -0.3 is 15.2 Å². The van der Waals surface area contributed by atoms with Crippen LogP contribution in [0.1, 0.15) is 15.9 Å². The molecule has 1 amide bonds. The number of phenolic OH excluding ortho intramolecular Hbond substituents is 1. The van der Waals surface area contributed by atoms with Crippen molar-refractivity contribution in [3.05, 3.63) is 102 Å². The van der Waals surface area contributed by atoms with Gasteiger partial charge in [0, 0.05) is 11.1 Å². The molecule has 148 valence electrons. The highest BCUT2D eigenvalue weighted by Crippen LogP contribution is 2.20. The molecule has 4 aromatic rings. The lowest BCUT2D eigenvalue weighted by molar-refractivity contribution is 0.102. The molecule has 2 N–H and O–H groups in total. The van der Waals surface area contributed by atoms with Gasteiger partial charge in [-0.05, 0) is 42.0 Å². The zero-order valence-corrected chi connectivity index (χ0v) is 16.0. The number of carbonyl (C=O) groups excluding carboxylic acids is 1. The van der Waals surface area contributed by atoms with Crippen molar-refractivity contribution >= 4 is 11.6 Å². The zero-order valence-electron chi connectivity index (χ0n) is 16.0. The standard InChI is InChI=1S/C24H19N3O3/c28-21-8-4-7-19(13-21)23-25-14-20(15-26-23)27-24(29)18-9-11-22(12-10-18)30-16-17-5-2-1-3-6-17/h1-15,28H,16H2,(H,27,29). The summed E-state index contributed by atoms with van der Waals surface area (Å²) in [5.74, 6) is 1.03. The molecule has 4 rings (SSSR count). The molecule has 0 radical (unpaired) electrons. The Balaban J connectivity index is 1.36. The second-order valence-electron chi connectivity index (χ2n) is 6.60. The van der Waals surface area contributed by atoms with E-state index in [1.807, 2.05) is 30.3 Å². The molecule has 0 aliphatic heterocycles. The first-order valence-corrected chi connectivity index (χ1v) is 9.37. The number of aromatic hydroxyl groups is 1. The summed E-state index contributed by atoms with van der Waals surface area (Å²) in [5, 5.41) is 12.3. The quantitative estimate of drug-likeness (QED) is 0.493. The summed E-state index contributed by atoms with van der Waals surface area (Å²) in [5.41, 5.74) is 2.75. The van der Waals surface area contributed by atoms with Crippen molar-refractivity contribution in [2.45, 2.75) is 6.61 Å². The molecule has 1 heterocycles. The summed E-state index contributed by atoms with van der Waals surface area (Å²) < 4.78 is 5.74. The second kappa shape index (κ2) is 8.87. The summed E-state index contributed by atoms with van der Waals surface area (Å²) in [6.07, 6.45) is 3.06. The number of anilines is 1. The Hall–Kier alpha value is -4.19. The molecule has 0 aliphatic rings. The highest BCUT2D eigenvalue weighted by Gasteiger charge is 2.08. The second-order valence-corrected chi connectivity index (χ2v) is 6.60. The number of nitrogens with one attached hydrogen (secondary N) is 1. The fourth-order valence-electron chi connectivity index (χ4n) is 2.83. The molecule has 0 atom stereocenters. The lowest BCUT2D eigenvalue weighted by Gasteiger charge is -2.08. The molecule has 6 nitrogen and oxygen atoms in total. The highest BCUT2D eigenvalue weighted by atomic mass is 16.5. The topological polar surface area (TPSA) is 84.3 Å². The Morgan fingerprint density at radius 1 is 0.900 bits per heavy atom. The van der Waals surface area contributed by atoms with Crippen molar-refractivity contribution in [2.75, 3.05) is 5.32 Å². The number of ether oxygens (including phenoxy) is 1. The largest absolute Gasteiger partial charge is 0.508 e. The maximum Gasteiger partial charge on any atom is 0.255 e. The van der Waals surface area contributed by atoms with E-state index in [0.29, 0.717) is 35.0 Å². The SMILES string of the molecule is O=C(Nc1cnc(-c2cccc(O)c2)nc1)c1ccc(OCc2ccccc2)cc1. The van der Waals surface area contributed by atoms with E-state index in [1.54, 1.807) is 48.5 Å². The van der Waals surface area contributed by atoms with Gasteiger partial charge in [-0.1, -0.05) is 42.5 Å². The lowest BCUT2D eigenvalue weighted by Crippen LogP contribution is -2.12. The van der Waals surface area contributed by atoms with E-state index in [0.717, 1.165) is 5.56 Å². The number of nitrogens with zero attached hydrogens (tertiary/aromatic N) is 2. The van der Waals surface area contributed by atoms with Crippen LogP contribution < -0.4 is 10.1 Å². The van der Waals surface area contributed by atoms with Gasteiger partial charge in [-0.25, -0.2) is 9.97 Å². The van der Waals surface area contributed by atoms with Gasteiger partial charge in [-0.2, -0.15) is 0 Å². The molecule has 6 heteroatoms. The Morgan fingerprint density at radius 3 is 2.33 bits per heavy atom. The van der Waals surface area contributed by atoms with E-state index >= 15 is 0 Å². The van der Waals surface area contributed by atoms with Crippen LogP contribution in [-0.4, -0.2) is 21.0 Å². The number of carbonyl (C=O) groups is 1. The molecule has 0 saturated heterocycles. The molecular formula is C24H19N3O3. The van der Waals surface area contributed by atoms with Crippen molar-refractivity contribution in [2.24, 2.45) is 0 Å². The Labute approximate surface area is 173 Å². The third kappa shape index (κ3) is 4.80. The predicted octanol–water partition coefficient (Wildman–Crippen LogP) is 4.68. The summed E-state index contributed by atoms with van der Waals surface area (Å²) in [4.78, 5) is 21.0. The molecule has 0 aliphatic carbocycles. The summed E-state index contributed by atoms with van der Waals surface area (Å²) in [6.45, 7) is 0.468. The van der Waals surface area contributed by atoms with Gasteiger partial charge in [0.2, 0.25) is 0 Å². The van der Waals surface area contributed by atoms with E-state index in [2.05, 4.69) is 15.3 Å². The van der Waals surface area contributed by atoms with Crippen LogP contribution in [0.15, 0.2) is 91.3 Å². The van der Waals surface area contributed by atoms with Crippen LogP contribution >= 0.6 is 0 Å². The number of hydrogen-bond acceptors (Lipinski definition) is 5. The van der Waals surface area contributed by atoms with E-state index in [1.165, 1.54) is 12.4 Å². The van der Waals surface area contributed by atoms with Gasteiger partial charge in [-0.3, -0.25) is 4.79 Å². The highest BCUT2D eigenvalue weighted by molar-refractivity contribution is 6.04. The average Bonchev–Trinajstić information content (AvgIpc) is 2.79. The summed E-state index contributed by atoms with van der Waals surface area (Å²) >= 11 is 0. The fourth-order valence-corrected chi connectivity index (χ4v) is 2.83. The van der Waals surface area contributed by atoms with Gasteiger partial charge in [0.05, 0.1) is 18.1 Å². The van der Waals surface area contributed by atoms with Gasteiger partial charge in [0.15, 0.2) is 5.82 Å². The van der Waals surface area contributed by atoms with Crippen LogP contribution in [0.4, 0.5) is 5.69 Å². The van der Waals surface area contributed by atoms with Crippen LogP contribution in [0.3, 0.4) is 0 Å². The molecule has 0 unspecified atom stereocenters. The molecule has 3 aromatic carbocycles. The van der Waals surface area contributed by atoms with Crippen LogP contribution in [0.5, 0.6) is 11.5 Å². The minimum Gasteiger partial charge on any atom is -0.508 e. The molecule has 0 fully saturated rings. The van der Waals surface area contributed by atoms with Crippen molar-refractivity contribution < 1.29 is 14.6 Å². The fraction of sp³-hybridized carbons (Fsp3) is 0.0417. The van der Waals surface area contributed by atoms with Crippen molar-refractivity contribution in [1.82, 2.24) is 9.97 Å². The van der Waals surface area contributed by atoms with Crippen LogP contribution in [0.2, 0.25) is 0 Å². The Kier molecular flexibility index (Phi) is 5.66. The molecule has 0 bridgehead atoms. The first-order valence-electron chi connectivity index (χ1n) is 9.37. The van der Waals surface area contributed by atoms with Crippen molar-refractivity contribution in [3.63, 3.8) is 0 Å². The third-order valence-corrected chi connectivity index (χ3v) is 4.38. The average molecular weight is 397 g/mol. The predicted molar refractivity (Wildman–Crippen MR) is 114 cm³/mol. The van der Waals surface area contributed by atoms with E-state index in [-0.39, 0.29) is 11.7 Å². The lowest BCUT2D eigenvalue weighted by atomic mass is 10.2. The van der Waals surface area contributed by atoms with E-state index in [4.69, 9.17) is 4.74 Å². The Morgan fingerprint density at radius 2 is 1.63 bits per heavy atom. The van der Waals surface area contributed by atoms with Gasteiger partial charge >= 0.3 is 0 Å². The van der Waals surface area contributed by atoms with Crippen molar-refractivity contribution in [3.8, 4) is 22.9 Å². The number of aromatic nitrogens is 2. The minimum atomic E-state index is -0.265. The van der Waals surface area contributed by atoms with E-state index in [9.17, 15) is 9.90 Å². The molecule has 0 saturated carbocycles. The number of benzene rings is 3. The van der Waals surface area contributed by atoms with Crippen LogP contribution in [0, 0.1) is 0 Å². The molecular weight excluding hydrogens is 378 g/mol. The smallest absolute Gasteiger partial charge is 0.255 e. The zero-order chi connectivity index (χ0) is 20.8. The van der Waals surface area contributed by atoms with E-state index < -0.39 is 0 Å². The normalized spacial score (nSPS) is 10.4. The summed E-state index contributed by atoms with van der Waals surface area (Å²) in [7, 11) is 0. The van der Waals surface area contributed by atoms with Gasteiger partial charge in [-0.15, -0.1) is 0 Å². The maximum absolute atomic E-state index is 12.5. The minimum absolute atomic E-state index is 0.143. The molecule has 0 spiro atoms. The first kappa shape index (κ1) is 19.1. The monoisotopic (exact) mass is 397 g/mol. The molecule has 1 aromatic heterocycles. The van der Waals surface area contributed by atoms with Crippen LogP contribution in [0.25, 0.3) is 11.4 Å². The van der Waals surface area contributed by atoms with Gasteiger partial charge in [0.1, 0.15) is 18.1 Å². The third-order valence-electron chi connectivity index (χ3n) is 4.38. The maximum atomic E-state index is 12.5. The van der Waals surface area contributed by atoms with Crippen molar-refractivity contribution in [1.29, 1.82) is 0 Å². The number of rotatable bonds is 6. The van der Waals surface area contributed by atoms with Crippen LogP contribution in [-0.2, 0) is 6.61 Å². The number of amides is 1. The Bertz CT molecular complexity index is 1130. The number of hydrogen-bond donors (Lipinski definition) is 2.